The SMILES string of the molecule is O=C(OC(=O)c1ccccc1C(=O)OCc1ccccc1)c1ccccc1. The molecule has 0 atom stereocenters. The summed E-state index contributed by atoms with van der Waals surface area (Å²) in [5, 5.41) is 0. The monoisotopic (exact) mass is 360 g/mol. The van der Waals surface area contributed by atoms with E-state index < -0.39 is 17.9 Å². The fourth-order valence-corrected chi connectivity index (χ4v) is 2.41. The third-order valence-corrected chi connectivity index (χ3v) is 3.77. The smallest absolute Gasteiger partial charge is 0.346 e. The summed E-state index contributed by atoms with van der Waals surface area (Å²) in [5.41, 5.74) is 1.08. The second-order valence-electron chi connectivity index (χ2n) is 5.65. The number of esters is 3. The Morgan fingerprint density at radius 2 is 1.11 bits per heavy atom. The standard InChI is InChI=1S/C22H16O5/c23-20(17-11-5-2-6-12-17)27-22(25)19-14-8-7-13-18(19)21(24)26-15-16-9-3-1-4-10-16/h1-14H,15H2. The van der Waals surface area contributed by atoms with Crippen molar-refractivity contribution in [2.24, 2.45) is 0 Å². The lowest BCUT2D eigenvalue weighted by molar-refractivity contribution is 0.0378. The summed E-state index contributed by atoms with van der Waals surface area (Å²) in [6, 6.07) is 23.4. The number of ether oxygens (including phenoxy) is 2. The van der Waals surface area contributed by atoms with Gasteiger partial charge in [-0.3, -0.25) is 0 Å². The van der Waals surface area contributed by atoms with Crippen LogP contribution < -0.4 is 0 Å². The van der Waals surface area contributed by atoms with Crippen LogP contribution in [0.15, 0.2) is 84.9 Å². The van der Waals surface area contributed by atoms with Crippen LogP contribution in [-0.4, -0.2) is 17.9 Å². The molecule has 0 bridgehead atoms. The fraction of sp³-hybridized carbons (Fsp3) is 0.0455. The molecular formula is C22H16O5. The van der Waals surface area contributed by atoms with Gasteiger partial charge in [0.2, 0.25) is 0 Å². The molecule has 0 spiro atoms. The lowest BCUT2D eigenvalue weighted by atomic mass is 10.1. The summed E-state index contributed by atoms with van der Waals surface area (Å²) in [5.74, 6) is -2.36. The molecule has 27 heavy (non-hydrogen) atoms. The summed E-state index contributed by atoms with van der Waals surface area (Å²) >= 11 is 0. The van der Waals surface area contributed by atoms with E-state index in [0.717, 1.165) is 5.56 Å². The number of benzene rings is 3. The summed E-state index contributed by atoms with van der Waals surface area (Å²) in [6.45, 7) is 0.0754. The van der Waals surface area contributed by atoms with Gasteiger partial charge in [-0.1, -0.05) is 60.7 Å². The second kappa shape index (κ2) is 8.58. The molecule has 0 aromatic heterocycles. The third-order valence-electron chi connectivity index (χ3n) is 3.77. The highest BCUT2D eigenvalue weighted by molar-refractivity contribution is 6.08. The highest BCUT2D eigenvalue weighted by atomic mass is 16.6. The van der Waals surface area contributed by atoms with Gasteiger partial charge in [0.1, 0.15) is 6.61 Å². The molecule has 0 amide bonds. The van der Waals surface area contributed by atoms with Crippen molar-refractivity contribution in [3.05, 3.63) is 107 Å². The Labute approximate surface area is 156 Å². The minimum atomic E-state index is -0.906. The predicted molar refractivity (Wildman–Crippen MR) is 98.2 cm³/mol. The number of hydrogen-bond donors (Lipinski definition) is 0. The van der Waals surface area contributed by atoms with E-state index in [-0.39, 0.29) is 23.3 Å². The lowest BCUT2D eigenvalue weighted by Crippen LogP contribution is -2.17. The minimum Gasteiger partial charge on any atom is -0.457 e. The van der Waals surface area contributed by atoms with E-state index in [9.17, 15) is 14.4 Å². The molecule has 0 heterocycles. The number of rotatable bonds is 5. The van der Waals surface area contributed by atoms with Crippen molar-refractivity contribution < 1.29 is 23.9 Å². The van der Waals surface area contributed by atoms with E-state index in [1.165, 1.54) is 24.3 Å². The van der Waals surface area contributed by atoms with E-state index >= 15 is 0 Å². The van der Waals surface area contributed by atoms with Crippen molar-refractivity contribution in [2.75, 3.05) is 0 Å². The zero-order valence-corrected chi connectivity index (χ0v) is 14.3. The van der Waals surface area contributed by atoms with E-state index in [0.29, 0.717) is 0 Å². The predicted octanol–water partition coefficient (Wildman–Crippen LogP) is 4.04. The van der Waals surface area contributed by atoms with Crippen molar-refractivity contribution in [1.29, 1.82) is 0 Å². The van der Waals surface area contributed by atoms with Crippen LogP contribution in [0.25, 0.3) is 0 Å². The molecule has 5 nitrogen and oxygen atoms in total. The van der Waals surface area contributed by atoms with Gasteiger partial charge in [-0.15, -0.1) is 0 Å². The Morgan fingerprint density at radius 1 is 0.593 bits per heavy atom. The Bertz CT molecular complexity index is 949. The molecule has 5 heteroatoms. The zero-order chi connectivity index (χ0) is 19.1. The van der Waals surface area contributed by atoms with Gasteiger partial charge in [0, 0.05) is 0 Å². The quantitative estimate of drug-likeness (QED) is 0.507. The first-order valence-corrected chi connectivity index (χ1v) is 8.27. The summed E-state index contributed by atoms with van der Waals surface area (Å²) < 4.78 is 10.2. The highest BCUT2D eigenvalue weighted by Crippen LogP contribution is 2.14. The third kappa shape index (κ3) is 4.67. The van der Waals surface area contributed by atoms with Crippen LogP contribution in [0.4, 0.5) is 0 Å². The number of carbonyl (C=O) groups is 3. The van der Waals surface area contributed by atoms with Crippen molar-refractivity contribution in [2.45, 2.75) is 6.61 Å². The van der Waals surface area contributed by atoms with Crippen molar-refractivity contribution >= 4 is 17.9 Å². The molecule has 0 radical (unpaired) electrons. The van der Waals surface area contributed by atoms with E-state index in [4.69, 9.17) is 9.47 Å². The molecule has 0 fully saturated rings. The zero-order valence-electron chi connectivity index (χ0n) is 14.3. The van der Waals surface area contributed by atoms with E-state index in [2.05, 4.69) is 0 Å². The molecule has 134 valence electrons. The topological polar surface area (TPSA) is 69.7 Å². The Morgan fingerprint density at radius 3 is 1.74 bits per heavy atom. The van der Waals surface area contributed by atoms with Gasteiger partial charge in [-0.2, -0.15) is 0 Å². The highest BCUT2D eigenvalue weighted by Gasteiger charge is 2.21. The number of hydrogen-bond acceptors (Lipinski definition) is 5. The van der Waals surface area contributed by atoms with Crippen LogP contribution in [-0.2, 0) is 16.1 Å². The van der Waals surface area contributed by atoms with E-state index in [1.54, 1.807) is 30.3 Å². The van der Waals surface area contributed by atoms with Gasteiger partial charge in [0.25, 0.3) is 0 Å². The molecule has 0 saturated carbocycles. The first-order chi connectivity index (χ1) is 13.1. The molecule has 0 aliphatic carbocycles. The average Bonchev–Trinajstić information content (AvgIpc) is 2.73. The van der Waals surface area contributed by atoms with Crippen LogP contribution in [0.2, 0.25) is 0 Å². The maximum atomic E-state index is 12.4. The van der Waals surface area contributed by atoms with Crippen molar-refractivity contribution in [3.8, 4) is 0 Å². The van der Waals surface area contributed by atoms with Gasteiger partial charge in [0.15, 0.2) is 0 Å². The molecule has 0 aliphatic rings. The molecule has 0 aliphatic heterocycles. The van der Waals surface area contributed by atoms with Crippen LogP contribution in [0.1, 0.15) is 36.6 Å². The molecule has 0 N–H and O–H groups in total. The van der Waals surface area contributed by atoms with Crippen LogP contribution >= 0.6 is 0 Å². The molecule has 0 unspecified atom stereocenters. The number of carbonyl (C=O) groups excluding carboxylic acids is 3. The first kappa shape index (κ1) is 18.1. The minimum absolute atomic E-state index is 0.0279. The second-order valence-corrected chi connectivity index (χ2v) is 5.65. The lowest BCUT2D eigenvalue weighted by Gasteiger charge is -2.09. The van der Waals surface area contributed by atoms with Gasteiger partial charge in [0.05, 0.1) is 16.7 Å². The summed E-state index contributed by atoms with van der Waals surface area (Å²) in [6.07, 6.45) is 0. The molecule has 3 rings (SSSR count). The van der Waals surface area contributed by atoms with Crippen molar-refractivity contribution in [1.82, 2.24) is 0 Å². The normalized spacial score (nSPS) is 10.1. The van der Waals surface area contributed by atoms with Gasteiger partial charge in [-0.25, -0.2) is 14.4 Å². The molecule has 3 aromatic rings. The van der Waals surface area contributed by atoms with Crippen LogP contribution in [0.5, 0.6) is 0 Å². The van der Waals surface area contributed by atoms with Gasteiger partial charge < -0.3 is 9.47 Å². The first-order valence-electron chi connectivity index (χ1n) is 8.27. The Hall–Kier alpha value is -3.73. The Balaban J connectivity index is 1.72. The maximum absolute atomic E-state index is 12.4. The van der Waals surface area contributed by atoms with Gasteiger partial charge >= 0.3 is 17.9 Å². The fourth-order valence-electron chi connectivity index (χ4n) is 2.41. The van der Waals surface area contributed by atoms with Crippen LogP contribution in [0.3, 0.4) is 0 Å². The molecule has 0 saturated heterocycles. The van der Waals surface area contributed by atoms with E-state index in [1.807, 2.05) is 30.3 Å². The van der Waals surface area contributed by atoms with Gasteiger partial charge in [-0.05, 0) is 29.8 Å². The summed E-state index contributed by atoms with van der Waals surface area (Å²) in [7, 11) is 0. The van der Waals surface area contributed by atoms with Crippen molar-refractivity contribution in [3.63, 3.8) is 0 Å². The van der Waals surface area contributed by atoms with Crippen LogP contribution in [0, 0.1) is 0 Å². The molecule has 3 aromatic carbocycles. The summed E-state index contributed by atoms with van der Waals surface area (Å²) in [4.78, 5) is 36.8. The maximum Gasteiger partial charge on any atom is 0.346 e. The average molecular weight is 360 g/mol. The largest absolute Gasteiger partial charge is 0.457 e. The molecular weight excluding hydrogens is 344 g/mol. The Kier molecular flexibility index (Phi) is 5.74.